The first-order chi connectivity index (χ1) is 15.6. The highest BCUT2D eigenvalue weighted by Crippen LogP contribution is 2.44. The summed E-state index contributed by atoms with van der Waals surface area (Å²) < 4.78 is 8.55. The molecule has 160 valence electrons. The number of nitrogen functional groups attached to an aromatic ring is 1. The van der Waals surface area contributed by atoms with E-state index < -0.39 is 6.04 Å². The van der Waals surface area contributed by atoms with E-state index in [1.54, 1.807) is 31.4 Å². The second-order valence-electron chi connectivity index (χ2n) is 8.35. The van der Waals surface area contributed by atoms with Crippen molar-refractivity contribution in [1.82, 2.24) is 14.3 Å². The number of hydrogen-bond donors (Lipinski definition) is 1. The summed E-state index contributed by atoms with van der Waals surface area (Å²) in [5.74, 6) is 1.08. The smallest absolute Gasteiger partial charge is 0.279 e. The highest BCUT2D eigenvalue weighted by Gasteiger charge is 2.39. The molecular formula is C25H22N4O3. The molecule has 0 bridgehead atoms. The maximum absolute atomic E-state index is 13.8. The topological polar surface area (TPSA) is 92.1 Å². The SMILES string of the molecule is COc1ccccc1C1c2c(nc3c(c2N)CCCC3)-n2c(=O)c3ccccc3c(=O)n21. The van der Waals surface area contributed by atoms with Crippen molar-refractivity contribution in [2.24, 2.45) is 0 Å². The minimum absolute atomic E-state index is 0.258. The molecule has 7 heteroatoms. The second kappa shape index (κ2) is 6.82. The molecule has 1 aliphatic heterocycles. The van der Waals surface area contributed by atoms with Gasteiger partial charge in [-0.15, -0.1) is 0 Å². The van der Waals surface area contributed by atoms with Gasteiger partial charge in [0.05, 0.1) is 17.9 Å². The Bertz CT molecular complexity index is 1530. The molecule has 4 aromatic rings. The minimum Gasteiger partial charge on any atom is -0.496 e. The van der Waals surface area contributed by atoms with Crippen molar-refractivity contribution in [3.05, 3.63) is 91.6 Å². The van der Waals surface area contributed by atoms with Crippen molar-refractivity contribution < 1.29 is 4.74 Å². The maximum atomic E-state index is 13.8. The fourth-order valence-corrected chi connectivity index (χ4v) is 5.22. The fourth-order valence-electron chi connectivity index (χ4n) is 5.22. The molecule has 0 fully saturated rings. The average molecular weight is 426 g/mol. The lowest BCUT2D eigenvalue weighted by Crippen LogP contribution is -2.36. The number of ether oxygens (including phenoxy) is 1. The van der Waals surface area contributed by atoms with Crippen molar-refractivity contribution in [3.63, 3.8) is 0 Å². The normalized spacial score (nSPS) is 16.5. The number of benzene rings is 2. The van der Waals surface area contributed by atoms with Gasteiger partial charge in [-0.1, -0.05) is 30.3 Å². The molecule has 1 unspecified atom stereocenters. The van der Waals surface area contributed by atoms with Gasteiger partial charge in [0.15, 0.2) is 5.82 Å². The van der Waals surface area contributed by atoms with Gasteiger partial charge in [-0.05, 0) is 49.4 Å². The van der Waals surface area contributed by atoms with Gasteiger partial charge in [0.25, 0.3) is 11.1 Å². The first-order valence-corrected chi connectivity index (χ1v) is 10.8. The molecule has 1 aliphatic carbocycles. The Morgan fingerprint density at radius 3 is 2.44 bits per heavy atom. The Morgan fingerprint density at radius 1 is 0.969 bits per heavy atom. The number of pyridine rings is 1. The van der Waals surface area contributed by atoms with E-state index in [1.165, 1.54) is 9.36 Å². The summed E-state index contributed by atoms with van der Waals surface area (Å²) in [6.45, 7) is 0. The lowest BCUT2D eigenvalue weighted by molar-refractivity contribution is 0.402. The molecule has 2 aliphatic rings. The van der Waals surface area contributed by atoms with Gasteiger partial charge in [-0.2, -0.15) is 4.68 Å². The molecule has 2 aromatic heterocycles. The third kappa shape index (κ3) is 2.39. The Labute approximate surface area is 183 Å². The van der Waals surface area contributed by atoms with Crippen LogP contribution in [0.1, 0.15) is 41.3 Å². The van der Waals surface area contributed by atoms with Gasteiger partial charge < -0.3 is 10.5 Å². The van der Waals surface area contributed by atoms with Crippen LogP contribution >= 0.6 is 0 Å². The van der Waals surface area contributed by atoms with Gasteiger partial charge >= 0.3 is 0 Å². The number of rotatable bonds is 2. The predicted molar refractivity (Wildman–Crippen MR) is 123 cm³/mol. The molecular weight excluding hydrogens is 404 g/mol. The Balaban J connectivity index is 1.81. The Morgan fingerprint density at radius 2 is 1.66 bits per heavy atom. The molecule has 0 radical (unpaired) electrons. The first kappa shape index (κ1) is 18.9. The average Bonchev–Trinajstić information content (AvgIpc) is 3.18. The summed E-state index contributed by atoms with van der Waals surface area (Å²) >= 11 is 0. The van der Waals surface area contributed by atoms with E-state index in [4.69, 9.17) is 15.5 Å². The number of hydrogen-bond acceptors (Lipinski definition) is 5. The molecule has 0 amide bonds. The number of fused-ring (bicyclic) bond motifs is 5. The van der Waals surface area contributed by atoms with Crippen LogP contribution in [0.3, 0.4) is 0 Å². The van der Waals surface area contributed by atoms with E-state index in [1.807, 2.05) is 24.3 Å². The van der Waals surface area contributed by atoms with Crippen LogP contribution in [-0.4, -0.2) is 21.5 Å². The number of para-hydroxylation sites is 1. The van der Waals surface area contributed by atoms with Crippen molar-refractivity contribution in [1.29, 1.82) is 0 Å². The maximum Gasteiger partial charge on any atom is 0.279 e. The van der Waals surface area contributed by atoms with Crippen molar-refractivity contribution >= 4 is 16.5 Å². The second-order valence-corrected chi connectivity index (χ2v) is 8.35. The number of anilines is 1. The zero-order chi connectivity index (χ0) is 22.0. The fraction of sp³-hybridized carbons (Fsp3) is 0.240. The summed E-state index contributed by atoms with van der Waals surface area (Å²) in [6, 6.07) is 13.8. The number of nitrogens with two attached hydrogens (primary N) is 1. The van der Waals surface area contributed by atoms with Crippen LogP contribution in [0, 0.1) is 0 Å². The van der Waals surface area contributed by atoms with Crippen LogP contribution in [0.25, 0.3) is 16.6 Å². The summed E-state index contributed by atoms with van der Waals surface area (Å²) in [5, 5.41) is 0.753. The van der Waals surface area contributed by atoms with Crippen LogP contribution < -0.4 is 21.6 Å². The quantitative estimate of drug-likeness (QED) is 0.469. The number of aryl methyl sites for hydroxylation is 1. The van der Waals surface area contributed by atoms with E-state index in [-0.39, 0.29) is 11.1 Å². The number of aromatic nitrogens is 3. The molecule has 0 saturated carbocycles. The predicted octanol–water partition coefficient (Wildman–Crippen LogP) is 2.97. The van der Waals surface area contributed by atoms with Crippen molar-refractivity contribution in [2.75, 3.05) is 12.8 Å². The third-order valence-electron chi connectivity index (χ3n) is 6.69. The molecule has 0 saturated heterocycles. The summed E-state index contributed by atoms with van der Waals surface area (Å²) in [7, 11) is 1.60. The molecule has 6 rings (SSSR count). The van der Waals surface area contributed by atoms with Gasteiger partial charge in [0, 0.05) is 22.5 Å². The summed E-state index contributed by atoms with van der Waals surface area (Å²) in [4.78, 5) is 32.3. The van der Waals surface area contributed by atoms with Gasteiger partial charge in [-0.3, -0.25) is 9.59 Å². The molecule has 3 heterocycles. The van der Waals surface area contributed by atoms with E-state index >= 15 is 0 Å². The minimum atomic E-state index is -0.606. The van der Waals surface area contributed by atoms with Gasteiger partial charge in [-0.25, -0.2) is 9.67 Å². The third-order valence-corrected chi connectivity index (χ3v) is 6.69. The molecule has 2 N–H and O–H groups in total. The molecule has 0 spiro atoms. The highest BCUT2D eigenvalue weighted by molar-refractivity contribution is 5.81. The zero-order valence-electron chi connectivity index (χ0n) is 17.7. The lowest BCUT2D eigenvalue weighted by Gasteiger charge is -2.22. The first-order valence-electron chi connectivity index (χ1n) is 10.8. The van der Waals surface area contributed by atoms with Crippen LogP contribution in [0.4, 0.5) is 5.69 Å². The van der Waals surface area contributed by atoms with E-state index in [0.29, 0.717) is 33.6 Å². The largest absolute Gasteiger partial charge is 0.496 e. The Hall–Kier alpha value is -3.87. The van der Waals surface area contributed by atoms with Crippen LogP contribution in [0.2, 0.25) is 0 Å². The number of nitrogens with zero attached hydrogens (tertiary/aromatic N) is 3. The van der Waals surface area contributed by atoms with Crippen LogP contribution in [-0.2, 0) is 12.8 Å². The Kier molecular flexibility index (Phi) is 4.02. The van der Waals surface area contributed by atoms with E-state index in [2.05, 4.69) is 0 Å². The van der Waals surface area contributed by atoms with Crippen molar-refractivity contribution in [3.8, 4) is 11.6 Å². The molecule has 7 nitrogen and oxygen atoms in total. The van der Waals surface area contributed by atoms with Crippen LogP contribution in [0.5, 0.6) is 5.75 Å². The monoisotopic (exact) mass is 426 g/mol. The molecule has 1 atom stereocenters. The van der Waals surface area contributed by atoms with Gasteiger partial charge in [0.1, 0.15) is 11.8 Å². The van der Waals surface area contributed by atoms with E-state index in [9.17, 15) is 9.59 Å². The standard InChI is InChI=1S/C25H22N4O3/c1-32-19-13-7-5-11-17(19)22-20-21(26)16-10-4-6-12-18(16)27-23(20)29-25(31)15-9-3-2-8-14(15)24(30)28(22)29/h2-3,5,7-9,11,13,22H,4,6,10,12H2,1H3,(H2,26,27). The van der Waals surface area contributed by atoms with Crippen molar-refractivity contribution in [2.45, 2.75) is 31.7 Å². The molecule has 32 heavy (non-hydrogen) atoms. The van der Waals surface area contributed by atoms with Crippen LogP contribution in [0.15, 0.2) is 58.1 Å². The zero-order valence-corrected chi connectivity index (χ0v) is 17.7. The number of methoxy groups -OCH3 is 1. The van der Waals surface area contributed by atoms with Gasteiger partial charge in [0.2, 0.25) is 0 Å². The highest BCUT2D eigenvalue weighted by atomic mass is 16.5. The summed E-state index contributed by atoms with van der Waals surface area (Å²) in [5.41, 5.74) is 10.3. The lowest BCUT2D eigenvalue weighted by atomic mass is 9.89. The summed E-state index contributed by atoms with van der Waals surface area (Å²) in [6.07, 6.45) is 3.75. The van der Waals surface area contributed by atoms with E-state index in [0.717, 1.165) is 42.5 Å². The molecule has 2 aromatic carbocycles.